The van der Waals surface area contributed by atoms with Gasteiger partial charge >= 0.3 is 0 Å². The van der Waals surface area contributed by atoms with Gasteiger partial charge in [-0.05, 0) is 44.1 Å². The van der Waals surface area contributed by atoms with E-state index in [2.05, 4.69) is 26.1 Å². The molecule has 1 N–H and O–H groups in total. The van der Waals surface area contributed by atoms with E-state index in [-0.39, 0.29) is 0 Å². The topological polar surface area (TPSA) is 12.0 Å². The standard InChI is InChI=1S/C14H29N/c1-4-5-6-7-8-15-14-10-12(2)9-13(3)11-14/h12-15H,4-11H2,1-3H3. The average Bonchev–Trinajstić information content (AvgIpc) is 2.16. The molecule has 0 amide bonds. The summed E-state index contributed by atoms with van der Waals surface area (Å²) in [6, 6.07) is 0.811. The molecule has 1 aliphatic rings. The molecular weight excluding hydrogens is 182 g/mol. The Bertz CT molecular complexity index is 145. The van der Waals surface area contributed by atoms with Crippen LogP contribution in [0.25, 0.3) is 0 Å². The molecule has 0 aromatic rings. The van der Waals surface area contributed by atoms with E-state index in [0.29, 0.717) is 0 Å². The monoisotopic (exact) mass is 211 g/mol. The highest BCUT2D eigenvalue weighted by atomic mass is 14.9. The third kappa shape index (κ3) is 5.55. The van der Waals surface area contributed by atoms with Crippen molar-refractivity contribution in [3.05, 3.63) is 0 Å². The number of unbranched alkanes of at least 4 members (excludes halogenated alkanes) is 3. The van der Waals surface area contributed by atoms with E-state index in [4.69, 9.17) is 0 Å². The Hall–Kier alpha value is -0.0400. The molecule has 0 saturated heterocycles. The van der Waals surface area contributed by atoms with Crippen LogP contribution in [0.5, 0.6) is 0 Å². The molecule has 0 aromatic heterocycles. The summed E-state index contributed by atoms with van der Waals surface area (Å²) in [5, 5.41) is 3.74. The summed E-state index contributed by atoms with van der Waals surface area (Å²) in [5.74, 6) is 1.86. The maximum atomic E-state index is 3.74. The molecule has 1 aliphatic carbocycles. The Morgan fingerprint density at radius 2 is 1.60 bits per heavy atom. The molecule has 2 unspecified atom stereocenters. The molecular formula is C14H29N. The van der Waals surface area contributed by atoms with Gasteiger partial charge in [0.15, 0.2) is 0 Å². The van der Waals surface area contributed by atoms with Crippen molar-refractivity contribution in [1.29, 1.82) is 0 Å². The molecule has 1 saturated carbocycles. The highest BCUT2D eigenvalue weighted by Gasteiger charge is 2.22. The molecule has 1 nitrogen and oxygen atoms in total. The number of nitrogens with one attached hydrogen (secondary N) is 1. The van der Waals surface area contributed by atoms with E-state index in [9.17, 15) is 0 Å². The summed E-state index contributed by atoms with van der Waals surface area (Å²) in [4.78, 5) is 0. The molecule has 0 heterocycles. The number of rotatable bonds is 6. The number of hydrogen-bond acceptors (Lipinski definition) is 1. The van der Waals surface area contributed by atoms with Crippen LogP contribution >= 0.6 is 0 Å². The van der Waals surface area contributed by atoms with Gasteiger partial charge in [-0.2, -0.15) is 0 Å². The summed E-state index contributed by atoms with van der Waals surface area (Å²) in [6.07, 6.45) is 9.76. The van der Waals surface area contributed by atoms with Gasteiger partial charge in [0.1, 0.15) is 0 Å². The third-order valence-electron chi connectivity index (χ3n) is 3.64. The maximum absolute atomic E-state index is 3.74. The van der Waals surface area contributed by atoms with Crippen molar-refractivity contribution in [1.82, 2.24) is 5.32 Å². The van der Waals surface area contributed by atoms with Crippen LogP contribution in [-0.2, 0) is 0 Å². The van der Waals surface area contributed by atoms with Gasteiger partial charge in [-0.1, -0.05) is 40.0 Å². The molecule has 90 valence electrons. The predicted molar refractivity (Wildman–Crippen MR) is 68.1 cm³/mol. The van der Waals surface area contributed by atoms with Crippen molar-refractivity contribution in [3.63, 3.8) is 0 Å². The maximum Gasteiger partial charge on any atom is 0.00721 e. The lowest BCUT2D eigenvalue weighted by Crippen LogP contribution is -2.36. The SMILES string of the molecule is CCCCCCNC1CC(C)CC(C)C1. The van der Waals surface area contributed by atoms with Gasteiger partial charge in [0.25, 0.3) is 0 Å². The van der Waals surface area contributed by atoms with Gasteiger partial charge in [-0.3, -0.25) is 0 Å². The van der Waals surface area contributed by atoms with Crippen molar-refractivity contribution in [3.8, 4) is 0 Å². The van der Waals surface area contributed by atoms with E-state index < -0.39 is 0 Å². The summed E-state index contributed by atoms with van der Waals surface area (Å²) < 4.78 is 0. The van der Waals surface area contributed by atoms with Crippen molar-refractivity contribution in [2.24, 2.45) is 11.8 Å². The fourth-order valence-corrected chi connectivity index (χ4v) is 2.97. The van der Waals surface area contributed by atoms with Crippen molar-refractivity contribution in [2.45, 2.75) is 71.8 Å². The molecule has 0 aromatic carbocycles. The Morgan fingerprint density at radius 1 is 0.933 bits per heavy atom. The van der Waals surface area contributed by atoms with Gasteiger partial charge < -0.3 is 5.32 Å². The Balaban J connectivity index is 2.04. The highest BCUT2D eigenvalue weighted by molar-refractivity contribution is 4.79. The zero-order chi connectivity index (χ0) is 11.1. The molecule has 0 bridgehead atoms. The first-order chi connectivity index (χ1) is 7.22. The average molecular weight is 211 g/mol. The van der Waals surface area contributed by atoms with Gasteiger partial charge in [0.2, 0.25) is 0 Å². The van der Waals surface area contributed by atoms with Crippen LogP contribution < -0.4 is 5.32 Å². The minimum absolute atomic E-state index is 0.811. The van der Waals surface area contributed by atoms with Crippen molar-refractivity contribution < 1.29 is 0 Å². The fraction of sp³-hybridized carbons (Fsp3) is 1.00. The van der Waals surface area contributed by atoms with Crippen LogP contribution in [0.1, 0.15) is 65.7 Å². The van der Waals surface area contributed by atoms with Crippen LogP contribution in [0.4, 0.5) is 0 Å². The second-order valence-corrected chi connectivity index (χ2v) is 5.63. The van der Waals surface area contributed by atoms with Crippen LogP contribution in [0.3, 0.4) is 0 Å². The molecule has 0 aliphatic heterocycles. The lowest BCUT2D eigenvalue weighted by Gasteiger charge is -2.32. The summed E-state index contributed by atoms with van der Waals surface area (Å²) >= 11 is 0. The second kappa shape index (κ2) is 7.27. The lowest BCUT2D eigenvalue weighted by atomic mass is 9.80. The smallest absolute Gasteiger partial charge is 0.00721 e. The second-order valence-electron chi connectivity index (χ2n) is 5.63. The normalized spacial score (nSPS) is 31.8. The van der Waals surface area contributed by atoms with Crippen LogP contribution in [0.2, 0.25) is 0 Å². The Labute approximate surface area is 96.0 Å². The van der Waals surface area contributed by atoms with Crippen molar-refractivity contribution in [2.75, 3.05) is 6.54 Å². The summed E-state index contributed by atoms with van der Waals surface area (Å²) in [5.41, 5.74) is 0. The molecule has 1 rings (SSSR count). The molecule has 1 heteroatoms. The van der Waals surface area contributed by atoms with E-state index in [1.165, 1.54) is 51.5 Å². The van der Waals surface area contributed by atoms with E-state index in [1.807, 2.05) is 0 Å². The molecule has 15 heavy (non-hydrogen) atoms. The minimum Gasteiger partial charge on any atom is -0.314 e. The first-order valence-corrected chi connectivity index (χ1v) is 6.95. The molecule has 0 spiro atoms. The highest BCUT2D eigenvalue weighted by Crippen LogP contribution is 2.28. The van der Waals surface area contributed by atoms with Gasteiger partial charge in [-0.15, -0.1) is 0 Å². The van der Waals surface area contributed by atoms with E-state index in [1.54, 1.807) is 0 Å². The van der Waals surface area contributed by atoms with Gasteiger partial charge in [-0.25, -0.2) is 0 Å². The Kier molecular flexibility index (Phi) is 6.31. The van der Waals surface area contributed by atoms with Gasteiger partial charge in [0.05, 0.1) is 0 Å². The molecule has 2 atom stereocenters. The van der Waals surface area contributed by atoms with Crippen LogP contribution in [0.15, 0.2) is 0 Å². The quantitative estimate of drug-likeness (QED) is 0.655. The zero-order valence-corrected chi connectivity index (χ0v) is 10.9. The molecule has 0 radical (unpaired) electrons. The fourth-order valence-electron chi connectivity index (χ4n) is 2.97. The van der Waals surface area contributed by atoms with Crippen LogP contribution in [-0.4, -0.2) is 12.6 Å². The Morgan fingerprint density at radius 3 is 2.20 bits per heavy atom. The summed E-state index contributed by atoms with van der Waals surface area (Å²) in [7, 11) is 0. The van der Waals surface area contributed by atoms with Crippen molar-refractivity contribution >= 4 is 0 Å². The first kappa shape index (κ1) is 13.0. The van der Waals surface area contributed by atoms with Crippen LogP contribution in [0, 0.1) is 11.8 Å². The largest absolute Gasteiger partial charge is 0.314 e. The number of hydrogen-bond donors (Lipinski definition) is 1. The first-order valence-electron chi connectivity index (χ1n) is 6.95. The lowest BCUT2D eigenvalue weighted by molar-refractivity contribution is 0.238. The third-order valence-corrected chi connectivity index (χ3v) is 3.64. The minimum atomic E-state index is 0.811. The molecule has 1 fully saturated rings. The summed E-state index contributed by atoms with van der Waals surface area (Å²) in [6.45, 7) is 8.32. The van der Waals surface area contributed by atoms with E-state index in [0.717, 1.165) is 17.9 Å². The zero-order valence-electron chi connectivity index (χ0n) is 10.9. The predicted octanol–water partition coefficient (Wildman–Crippen LogP) is 3.98. The van der Waals surface area contributed by atoms with Gasteiger partial charge in [0, 0.05) is 6.04 Å². The van der Waals surface area contributed by atoms with E-state index >= 15 is 0 Å².